The molecule has 2 aliphatic rings. The summed E-state index contributed by atoms with van der Waals surface area (Å²) in [6.07, 6.45) is 2.51. The van der Waals surface area contributed by atoms with Gasteiger partial charge in [0.05, 0.1) is 13.2 Å². The van der Waals surface area contributed by atoms with Gasteiger partial charge >= 0.3 is 0 Å². The lowest BCUT2D eigenvalue weighted by Crippen LogP contribution is -2.49. The number of hydrogen-bond acceptors (Lipinski definition) is 3. The highest BCUT2D eigenvalue weighted by Gasteiger charge is 2.44. The molecule has 1 aliphatic heterocycles. The number of benzene rings is 1. The fraction of sp³-hybridized carbons (Fsp3) is 0.500. The van der Waals surface area contributed by atoms with Crippen LogP contribution in [-0.2, 0) is 20.7 Å². The summed E-state index contributed by atoms with van der Waals surface area (Å²) in [6.45, 7) is 1.05. The second-order valence-corrected chi connectivity index (χ2v) is 6.00. The van der Waals surface area contributed by atoms with Crippen molar-refractivity contribution < 1.29 is 18.7 Å². The Morgan fingerprint density at radius 2 is 2.05 bits per heavy atom. The van der Waals surface area contributed by atoms with Crippen LogP contribution in [-0.4, -0.2) is 48.6 Å². The van der Waals surface area contributed by atoms with Crippen LogP contribution in [0.2, 0.25) is 0 Å². The fourth-order valence-corrected chi connectivity index (χ4v) is 2.72. The highest BCUT2D eigenvalue weighted by molar-refractivity contribution is 5.86. The summed E-state index contributed by atoms with van der Waals surface area (Å²) in [4.78, 5) is 25.3. The molecule has 1 saturated heterocycles. The molecule has 1 N–H and O–H groups in total. The van der Waals surface area contributed by atoms with Crippen LogP contribution in [0.3, 0.4) is 0 Å². The maximum atomic E-state index is 12.9. The van der Waals surface area contributed by atoms with Gasteiger partial charge in [-0.15, -0.1) is 0 Å². The van der Waals surface area contributed by atoms with E-state index in [0.29, 0.717) is 19.6 Å². The second kappa shape index (κ2) is 6.04. The molecule has 1 heterocycles. The largest absolute Gasteiger partial charge is 0.370 e. The number of amides is 2. The molecule has 1 aromatic carbocycles. The molecule has 3 rings (SSSR count). The molecule has 0 atom stereocenters. The Morgan fingerprint density at radius 1 is 1.32 bits per heavy atom. The average Bonchev–Trinajstić information content (AvgIpc) is 3.23. The molecule has 1 aliphatic carbocycles. The minimum absolute atomic E-state index is 0.0496. The van der Waals surface area contributed by atoms with Crippen molar-refractivity contribution in [2.24, 2.45) is 0 Å². The molecule has 2 amide bonds. The van der Waals surface area contributed by atoms with Gasteiger partial charge in [0, 0.05) is 12.1 Å². The quantitative estimate of drug-likeness (QED) is 0.878. The number of nitrogens with zero attached hydrogens (tertiary/aromatic N) is 1. The van der Waals surface area contributed by atoms with E-state index in [0.717, 1.165) is 18.4 Å². The van der Waals surface area contributed by atoms with Gasteiger partial charge in [0.2, 0.25) is 11.8 Å². The van der Waals surface area contributed by atoms with Crippen LogP contribution in [0.4, 0.5) is 4.39 Å². The number of halogens is 1. The van der Waals surface area contributed by atoms with Gasteiger partial charge in [0.1, 0.15) is 12.4 Å². The first-order valence-electron chi connectivity index (χ1n) is 7.47. The van der Waals surface area contributed by atoms with E-state index in [9.17, 15) is 14.0 Å². The lowest BCUT2D eigenvalue weighted by Gasteiger charge is -2.27. The normalized spacial score (nSPS) is 19.9. The minimum atomic E-state index is -0.261. The molecule has 5 nitrogen and oxygen atoms in total. The van der Waals surface area contributed by atoms with Gasteiger partial charge in [-0.1, -0.05) is 12.1 Å². The van der Waals surface area contributed by atoms with E-state index < -0.39 is 0 Å². The van der Waals surface area contributed by atoms with Gasteiger partial charge in [-0.25, -0.2) is 4.39 Å². The van der Waals surface area contributed by atoms with Crippen LogP contribution in [0.5, 0.6) is 0 Å². The Hall–Kier alpha value is -1.95. The molecule has 1 saturated carbocycles. The van der Waals surface area contributed by atoms with Crippen molar-refractivity contribution in [3.63, 3.8) is 0 Å². The number of nitrogens with one attached hydrogen (secondary N) is 1. The van der Waals surface area contributed by atoms with Crippen LogP contribution in [0.25, 0.3) is 0 Å². The lowest BCUT2D eigenvalue weighted by molar-refractivity contribution is -0.146. The number of carbonyl (C=O) groups is 2. The number of rotatable bonds is 5. The van der Waals surface area contributed by atoms with Crippen molar-refractivity contribution in [2.45, 2.75) is 24.8 Å². The second-order valence-electron chi connectivity index (χ2n) is 6.00. The van der Waals surface area contributed by atoms with Crippen molar-refractivity contribution >= 4 is 11.8 Å². The zero-order valence-corrected chi connectivity index (χ0v) is 12.3. The average molecular weight is 306 g/mol. The number of hydrogen-bond donors (Lipinski definition) is 1. The Balaban J connectivity index is 1.54. The molecule has 0 spiro atoms. The standard InChI is InChI=1S/C16H19FN2O3/c17-13-3-1-12(2-4-13)9-16(5-6-16)18-14(20)10-19-7-8-22-11-15(19)21/h1-4H,5-11H2,(H,18,20). The van der Waals surface area contributed by atoms with E-state index in [4.69, 9.17) is 4.74 Å². The lowest BCUT2D eigenvalue weighted by atomic mass is 10.0. The van der Waals surface area contributed by atoms with Gasteiger partial charge < -0.3 is 15.0 Å². The van der Waals surface area contributed by atoms with E-state index in [1.807, 2.05) is 0 Å². The van der Waals surface area contributed by atoms with Gasteiger partial charge in [-0.2, -0.15) is 0 Å². The third-order valence-corrected chi connectivity index (χ3v) is 4.13. The van der Waals surface area contributed by atoms with Gasteiger partial charge in [-0.05, 0) is 37.0 Å². The third-order valence-electron chi connectivity index (χ3n) is 4.13. The molecule has 6 heteroatoms. The summed E-state index contributed by atoms with van der Waals surface area (Å²) in [6, 6.07) is 6.35. The van der Waals surface area contributed by atoms with E-state index in [2.05, 4.69) is 5.32 Å². The Kier molecular flexibility index (Phi) is 4.11. The molecule has 118 valence electrons. The van der Waals surface area contributed by atoms with Gasteiger partial charge in [-0.3, -0.25) is 9.59 Å². The van der Waals surface area contributed by atoms with E-state index >= 15 is 0 Å². The molecule has 0 aromatic heterocycles. The zero-order valence-electron chi connectivity index (χ0n) is 12.3. The zero-order chi connectivity index (χ0) is 15.6. The van der Waals surface area contributed by atoms with Crippen molar-refractivity contribution in [1.82, 2.24) is 10.2 Å². The topological polar surface area (TPSA) is 58.6 Å². The third kappa shape index (κ3) is 3.62. The van der Waals surface area contributed by atoms with Crippen LogP contribution >= 0.6 is 0 Å². The van der Waals surface area contributed by atoms with Crippen LogP contribution in [0.1, 0.15) is 18.4 Å². The van der Waals surface area contributed by atoms with Crippen LogP contribution < -0.4 is 5.32 Å². The van der Waals surface area contributed by atoms with Gasteiger partial charge in [0.25, 0.3) is 0 Å². The molecule has 0 radical (unpaired) electrons. The van der Waals surface area contributed by atoms with Crippen LogP contribution in [0.15, 0.2) is 24.3 Å². The smallest absolute Gasteiger partial charge is 0.249 e. The maximum absolute atomic E-state index is 12.9. The van der Waals surface area contributed by atoms with E-state index in [-0.39, 0.29) is 36.3 Å². The Morgan fingerprint density at radius 3 is 2.68 bits per heavy atom. The number of ether oxygens (including phenoxy) is 1. The van der Waals surface area contributed by atoms with Crippen LogP contribution in [0, 0.1) is 5.82 Å². The van der Waals surface area contributed by atoms with Crippen molar-refractivity contribution in [3.05, 3.63) is 35.6 Å². The molecular weight excluding hydrogens is 287 g/mol. The number of morpholine rings is 1. The van der Waals surface area contributed by atoms with Crippen molar-refractivity contribution in [2.75, 3.05) is 26.3 Å². The molecular formula is C16H19FN2O3. The highest BCUT2D eigenvalue weighted by Crippen LogP contribution is 2.38. The van der Waals surface area contributed by atoms with Gasteiger partial charge in [0.15, 0.2) is 0 Å². The summed E-state index contributed by atoms with van der Waals surface area (Å²) in [5, 5.41) is 3.03. The fourth-order valence-electron chi connectivity index (χ4n) is 2.72. The summed E-state index contributed by atoms with van der Waals surface area (Å²) >= 11 is 0. The Labute approximate surface area is 128 Å². The predicted octanol–water partition coefficient (Wildman–Crippen LogP) is 0.876. The maximum Gasteiger partial charge on any atom is 0.249 e. The summed E-state index contributed by atoms with van der Waals surface area (Å²) in [5.74, 6) is -0.553. The Bertz CT molecular complexity index is 569. The van der Waals surface area contributed by atoms with Crippen molar-refractivity contribution in [1.29, 1.82) is 0 Å². The number of carbonyl (C=O) groups excluding carboxylic acids is 2. The molecule has 2 fully saturated rings. The summed E-state index contributed by atoms with van der Waals surface area (Å²) < 4.78 is 18.0. The summed E-state index contributed by atoms with van der Waals surface area (Å²) in [5.41, 5.74) is 0.770. The molecule has 22 heavy (non-hydrogen) atoms. The predicted molar refractivity (Wildman–Crippen MR) is 77.6 cm³/mol. The van der Waals surface area contributed by atoms with E-state index in [1.165, 1.54) is 17.0 Å². The van der Waals surface area contributed by atoms with E-state index in [1.54, 1.807) is 12.1 Å². The minimum Gasteiger partial charge on any atom is -0.370 e. The molecule has 1 aromatic rings. The first-order valence-corrected chi connectivity index (χ1v) is 7.47. The first kappa shape index (κ1) is 15.0. The SMILES string of the molecule is O=C(CN1CCOCC1=O)NC1(Cc2ccc(F)cc2)CC1. The summed E-state index contributed by atoms with van der Waals surface area (Å²) in [7, 11) is 0. The van der Waals surface area contributed by atoms with Crippen molar-refractivity contribution in [3.8, 4) is 0 Å². The highest BCUT2D eigenvalue weighted by atomic mass is 19.1. The monoisotopic (exact) mass is 306 g/mol. The molecule has 0 unspecified atom stereocenters. The molecule has 0 bridgehead atoms. The first-order chi connectivity index (χ1) is 10.6.